The lowest BCUT2D eigenvalue weighted by Crippen LogP contribution is -2.47. The third-order valence-corrected chi connectivity index (χ3v) is 5.20. The number of nitrogens with zero attached hydrogens (tertiary/aromatic N) is 1. The first-order valence-electron chi connectivity index (χ1n) is 8.31. The highest BCUT2D eigenvalue weighted by Gasteiger charge is 2.36. The second-order valence-electron chi connectivity index (χ2n) is 8.00. The number of aliphatic carboxylic acids is 1. The molecule has 0 spiro atoms. The zero-order valence-electron chi connectivity index (χ0n) is 13.4. The van der Waals surface area contributed by atoms with E-state index in [1.54, 1.807) is 0 Å². The van der Waals surface area contributed by atoms with Crippen molar-refractivity contribution in [3.63, 3.8) is 0 Å². The molecular formula is C17H31NO2. The normalized spacial score (nSPS) is 34.9. The molecule has 1 N–H and O–H groups in total. The van der Waals surface area contributed by atoms with Crippen molar-refractivity contribution in [2.45, 2.75) is 71.8 Å². The molecule has 1 aliphatic heterocycles. The largest absolute Gasteiger partial charge is 0.481 e. The maximum atomic E-state index is 10.7. The van der Waals surface area contributed by atoms with Gasteiger partial charge < -0.3 is 10.0 Å². The summed E-state index contributed by atoms with van der Waals surface area (Å²) in [7, 11) is 0. The Morgan fingerprint density at radius 2 is 2.10 bits per heavy atom. The van der Waals surface area contributed by atoms with Gasteiger partial charge in [-0.15, -0.1) is 0 Å². The van der Waals surface area contributed by atoms with E-state index in [9.17, 15) is 4.79 Å². The van der Waals surface area contributed by atoms with E-state index in [4.69, 9.17) is 5.11 Å². The smallest absolute Gasteiger partial charge is 0.303 e. The molecule has 1 saturated carbocycles. The number of carboxylic acid groups (broad SMARTS) is 1. The molecular weight excluding hydrogens is 250 g/mol. The standard InChI is InChI=1S/C17H31NO2/c1-13-9-15(11-17(2,3)10-13)18-8-4-5-14(12-18)6-7-16(19)20/h13-15H,4-12H2,1-3H3,(H,19,20). The lowest BCUT2D eigenvalue weighted by atomic mass is 9.70. The van der Waals surface area contributed by atoms with Crippen LogP contribution in [0.25, 0.3) is 0 Å². The highest BCUT2D eigenvalue weighted by molar-refractivity contribution is 5.66. The average molecular weight is 281 g/mol. The number of hydrogen-bond acceptors (Lipinski definition) is 2. The Balaban J connectivity index is 1.89. The molecule has 3 unspecified atom stereocenters. The average Bonchev–Trinajstić information content (AvgIpc) is 2.34. The van der Waals surface area contributed by atoms with Gasteiger partial charge in [0.05, 0.1) is 0 Å². The molecule has 116 valence electrons. The zero-order chi connectivity index (χ0) is 14.8. The quantitative estimate of drug-likeness (QED) is 0.852. The number of rotatable bonds is 4. The van der Waals surface area contributed by atoms with Crippen LogP contribution in [0.4, 0.5) is 0 Å². The monoisotopic (exact) mass is 281 g/mol. The first-order valence-corrected chi connectivity index (χ1v) is 8.31. The summed E-state index contributed by atoms with van der Waals surface area (Å²) >= 11 is 0. The van der Waals surface area contributed by atoms with Gasteiger partial charge in [0.15, 0.2) is 0 Å². The van der Waals surface area contributed by atoms with E-state index in [0.717, 1.165) is 24.9 Å². The molecule has 3 heteroatoms. The fourth-order valence-electron chi connectivity index (χ4n) is 4.57. The molecule has 1 heterocycles. The molecule has 1 saturated heterocycles. The van der Waals surface area contributed by atoms with Crippen molar-refractivity contribution in [3.05, 3.63) is 0 Å². The minimum atomic E-state index is -0.644. The van der Waals surface area contributed by atoms with E-state index in [1.165, 1.54) is 38.6 Å². The van der Waals surface area contributed by atoms with E-state index in [2.05, 4.69) is 25.7 Å². The van der Waals surface area contributed by atoms with Gasteiger partial charge in [0, 0.05) is 19.0 Å². The van der Waals surface area contributed by atoms with Crippen LogP contribution < -0.4 is 0 Å². The van der Waals surface area contributed by atoms with Crippen LogP contribution in [0.5, 0.6) is 0 Å². The Hall–Kier alpha value is -0.570. The Kier molecular flexibility index (Phi) is 5.11. The van der Waals surface area contributed by atoms with E-state index in [1.807, 2.05) is 0 Å². The van der Waals surface area contributed by atoms with E-state index >= 15 is 0 Å². The van der Waals surface area contributed by atoms with E-state index in [0.29, 0.717) is 17.8 Å². The molecule has 2 fully saturated rings. The topological polar surface area (TPSA) is 40.5 Å². The van der Waals surface area contributed by atoms with Crippen molar-refractivity contribution >= 4 is 5.97 Å². The summed E-state index contributed by atoms with van der Waals surface area (Å²) < 4.78 is 0. The van der Waals surface area contributed by atoms with Crippen molar-refractivity contribution < 1.29 is 9.90 Å². The molecule has 0 aromatic rings. The minimum absolute atomic E-state index is 0.338. The third-order valence-electron chi connectivity index (χ3n) is 5.20. The minimum Gasteiger partial charge on any atom is -0.481 e. The third kappa shape index (κ3) is 4.47. The molecule has 0 aromatic carbocycles. The van der Waals surface area contributed by atoms with Crippen LogP contribution >= 0.6 is 0 Å². The van der Waals surface area contributed by atoms with E-state index in [-0.39, 0.29) is 0 Å². The van der Waals surface area contributed by atoms with Gasteiger partial charge in [-0.2, -0.15) is 0 Å². The summed E-state index contributed by atoms with van der Waals surface area (Å²) in [6.45, 7) is 9.54. The molecule has 1 aliphatic carbocycles. The summed E-state index contributed by atoms with van der Waals surface area (Å²) in [6, 6.07) is 0.723. The molecule has 3 atom stereocenters. The maximum Gasteiger partial charge on any atom is 0.303 e. The van der Waals surface area contributed by atoms with E-state index < -0.39 is 5.97 Å². The highest BCUT2D eigenvalue weighted by atomic mass is 16.4. The summed E-state index contributed by atoms with van der Waals surface area (Å²) in [5, 5.41) is 8.85. The lowest BCUT2D eigenvalue weighted by molar-refractivity contribution is -0.137. The lowest BCUT2D eigenvalue weighted by Gasteiger charge is -2.46. The second-order valence-corrected chi connectivity index (χ2v) is 8.00. The number of likely N-dealkylation sites (tertiary alicyclic amines) is 1. The predicted molar refractivity (Wildman–Crippen MR) is 81.8 cm³/mol. The summed E-state index contributed by atoms with van der Waals surface area (Å²) in [6.07, 6.45) is 7.64. The Labute approximate surface area is 123 Å². The van der Waals surface area contributed by atoms with Crippen molar-refractivity contribution in [2.24, 2.45) is 17.3 Å². The van der Waals surface area contributed by atoms with Crippen LogP contribution in [0.3, 0.4) is 0 Å². The number of carboxylic acids is 1. The second kappa shape index (κ2) is 6.46. The van der Waals surface area contributed by atoms with Gasteiger partial charge in [-0.1, -0.05) is 20.8 Å². The van der Waals surface area contributed by atoms with Gasteiger partial charge >= 0.3 is 5.97 Å². The fraction of sp³-hybridized carbons (Fsp3) is 0.941. The number of hydrogen-bond donors (Lipinski definition) is 1. The molecule has 0 amide bonds. The SMILES string of the molecule is CC1CC(N2CCCC(CCC(=O)O)C2)CC(C)(C)C1. The predicted octanol–water partition coefficient (Wildman–Crippen LogP) is 3.78. The first-order chi connectivity index (χ1) is 9.35. The van der Waals surface area contributed by atoms with Crippen LogP contribution in [0.15, 0.2) is 0 Å². The molecule has 0 bridgehead atoms. The van der Waals surface area contributed by atoms with Crippen LogP contribution in [0.2, 0.25) is 0 Å². The van der Waals surface area contributed by atoms with Crippen molar-refractivity contribution in [1.82, 2.24) is 4.90 Å². The summed E-state index contributed by atoms with van der Waals surface area (Å²) in [4.78, 5) is 13.4. The van der Waals surface area contributed by atoms with Crippen LogP contribution in [0.1, 0.15) is 65.7 Å². The van der Waals surface area contributed by atoms with Gasteiger partial charge in [-0.3, -0.25) is 4.79 Å². The highest BCUT2D eigenvalue weighted by Crippen LogP contribution is 2.41. The Bertz CT molecular complexity index is 340. The Morgan fingerprint density at radius 1 is 1.35 bits per heavy atom. The molecule has 20 heavy (non-hydrogen) atoms. The van der Waals surface area contributed by atoms with Gasteiger partial charge in [-0.05, 0) is 62.3 Å². The number of carbonyl (C=O) groups is 1. The molecule has 0 aromatic heterocycles. The van der Waals surface area contributed by atoms with Crippen molar-refractivity contribution in [1.29, 1.82) is 0 Å². The molecule has 2 aliphatic rings. The van der Waals surface area contributed by atoms with Gasteiger partial charge in [-0.25, -0.2) is 0 Å². The first kappa shape index (κ1) is 15.8. The Morgan fingerprint density at radius 3 is 2.75 bits per heavy atom. The van der Waals surface area contributed by atoms with Gasteiger partial charge in [0.2, 0.25) is 0 Å². The summed E-state index contributed by atoms with van der Waals surface area (Å²) in [5.41, 5.74) is 0.469. The van der Waals surface area contributed by atoms with Gasteiger partial charge in [0.25, 0.3) is 0 Å². The zero-order valence-corrected chi connectivity index (χ0v) is 13.4. The molecule has 2 rings (SSSR count). The van der Waals surface area contributed by atoms with Crippen LogP contribution in [-0.4, -0.2) is 35.1 Å². The van der Waals surface area contributed by atoms with Crippen molar-refractivity contribution in [3.8, 4) is 0 Å². The fourth-order valence-corrected chi connectivity index (χ4v) is 4.57. The van der Waals surface area contributed by atoms with Crippen LogP contribution in [-0.2, 0) is 4.79 Å². The van der Waals surface area contributed by atoms with Crippen LogP contribution in [0, 0.1) is 17.3 Å². The van der Waals surface area contributed by atoms with Crippen molar-refractivity contribution in [2.75, 3.05) is 13.1 Å². The maximum absolute atomic E-state index is 10.7. The molecule has 0 radical (unpaired) electrons. The summed E-state index contributed by atoms with van der Waals surface area (Å²) in [5.74, 6) is 0.776. The molecule has 3 nitrogen and oxygen atoms in total. The number of piperidine rings is 1. The van der Waals surface area contributed by atoms with Gasteiger partial charge in [0.1, 0.15) is 0 Å².